The number of hydrogen-bond donors (Lipinski definition) is 0. The van der Waals surface area contributed by atoms with Gasteiger partial charge < -0.3 is 14.2 Å². The molecule has 0 aliphatic heterocycles. The standard InChI is InChI=1S/C23H24FN3O4S/c1-5-12-27-21(14-31-17-8-6-16(29-3)7-9-17)25-26-23(27)32-15(2)22(28)19-11-10-18(30-4)13-20(19)24/h5-11,13,15H,1,12,14H2,2-4H3. The third-order valence-corrected chi connectivity index (χ3v) is 5.71. The molecule has 1 atom stereocenters. The molecule has 168 valence electrons. The lowest BCUT2D eigenvalue weighted by Gasteiger charge is -2.13. The van der Waals surface area contributed by atoms with E-state index in [1.54, 1.807) is 50.4 Å². The van der Waals surface area contributed by atoms with E-state index in [1.807, 2.05) is 4.57 Å². The van der Waals surface area contributed by atoms with Gasteiger partial charge >= 0.3 is 0 Å². The quantitative estimate of drug-likeness (QED) is 0.237. The Labute approximate surface area is 190 Å². The lowest BCUT2D eigenvalue weighted by molar-refractivity contribution is 0.0990. The molecule has 2 aromatic carbocycles. The Morgan fingerprint density at radius 1 is 1.12 bits per heavy atom. The van der Waals surface area contributed by atoms with Gasteiger partial charge in [-0.15, -0.1) is 16.8 Å². The number of nitrogens with zero attached hydrogens (tertiary/aromatic N) is 3. The summed E-state index contributed by atoms with van der Waals surface area (Å²) in [4.78, 5) is 12.8. The van der Waals surface area contributed by atoms with Gasteiger partial charge in [0.2, 0.25) is 0 Å². The molecular formula is C23H24FN3O4S. The monoisotopic (exact) mass is 457 g/mol. The van der Waals surface area contributed by atoms with Crippen molar-refractivity contribution in [3.63, 3.8) is 0 Å². The first kappa shape index (κ1) is 23.3. The van der Waals surface area contributed by atoms with Crippen LogP contribution < -0.4 is 14.2 Å². The van der Waals surface area contributed by atoms with E-state index >= 15 is 0 Å². The summed E-state index contributed by atoms with van der Waals surface area (Å²) >= 11 is 1.20. The first-order chi connectivity index (χ1) is 15.5. The molecule has 0 aliphatic rings. The van der Waals surface area contributed by atoms with Gasteiger partial charge in [0.05, 0.1) is 25.0 Å². The fraction of sp³-hybridized carbons (Fsp3) is 0.261. The number of aromatic nitrogens is 3. The highest BCUT2D eigenvalue weighted by atomic mass is 32.2. The molecular weight excluding hydrogens is 433 g/mol. The van der Waals surface area contributed by atoms with E-state index in [4.69, 9.17) is 14.2 Å². The molecule has 0 fully saturated rings. The van der Waals surface area contributed by atoms with Crippen LogP contribution in [0, 0.1) is 5.82 Å². The van der Waals surface area contributed by atoms with Crippen molar-refractivity contribution in [3.8, 4) is 17.2 Å². The number of Topliss-reactive ketones (excluding diaryl/α,β-unsaturated/α-hetero) is 1. The summed E-state index contributed by atoms with van der Waals surface area (Å²) < 4.78 is 32.1. The summed E-state index contributed by atoms with van der Waals surface area (Å²) in [5.41, 5.74) is 0.00338. The van der Waals surface area contributed by atoms with Gasteiger partial charge in [0.25, 0.3) is 0 Å². The van der Waals surface area contributed by atoms with E-state index in [-0.39, 0.29) is 18.0 Å². The van der Waals surface area contributed by atoms with Crippen LogP contribution in [0.4, 0.5) is 4.39 Å². The van der Waals surface area contributed by atoms with Gasteiger partial charge in [-0.1, -0.05) is 17.8 Å². The number of carbonyl (C=O) groups excluding carboxylic acids is 1. The van der Waals surface area contributed by atoms with Crippen LogP contribution in [-0.4, -0.2) is 40.0 Å². The number of methoxy groups -OCH3 is 2. The van der Waals surface area contributed by atoms with Crippen LogP contribution in [0.5, 0.6) is 17.2 Å². The molecule has 0 radical (unpaired) electrons. The van der Waals surface area contributed by atoms with E-state index < -0.39 is 11.1 Å². The van der Waals surface area contributed by atoms with Crippen LogP contribution in [-0.2, 0) is 13.2 Å². The van der Waals surface area contributed by atoms with Crippen molar-refractivity contribution in [2.24, 2.45) is 0 Å². The highest BCUT2D eigenvalue weighted by Gasteiger charge is 2.23. The van der Waals surface area contributed by atoms with Gasteiger partial charge in [0.1, 0.15) is 29.7 Å². The zero-order valence-electron chi connectivity index (χ0n) is 18.1. The average molecular weight is 458 g/mol. The average Bonchev–Trinajstić information content (AvgIpc) is 3.18. The molecule has 3 rings (SSSR count). The second kappa shape index (κ2) is 10.8. The number of hydrogen-bond acceptors (Lipinski definition) is 7. The molecule has 0 saturated heterocycles. The number of ether oxygens (including phenoxy) is 3. The fourth-order valence-corrected chi connectivity index (χ4v) is 3.84. The maximum absolute atomic E-state index is 14.3. The number of allylic oxidation sites excluding steroid dienone is 1. The maximum atomic E-state index is 14.3. The first-order valence-corrected chi connectivity index (χ1v) is 10.7. The number of ketones is 1. The number of benzene rings is 2. The Morgan fingerprint density at radius 2 is 1.78 bits per heavy atom. The minimum absolute atomic E-state index is 0.00338. The lowest BCUT2D eigenvalue weighted by atomic mass is 10.1. The van der Waals surface area contributed by atoms with E-state index in [0.29, 0.717) is 29.0 Å². The topological polar surface area (TPSA) is 75.5 Å². The molecule has 0 spiro atoms. The maximum Gasteiger partial charge on any atom is 0.192 e. The summed E-state index contributed by atoms with van der Waals surface area (Å²) in [7, 11) is 3.04. The number of carbonyl (C=O) groups is 1. The SMILES string of the molecule is C=CCn1c(COc2ccc(OC)cc2)nnc1SC(C)C(=O)c1ccc(OC)cc1F. The largest absolute Gasteiger partial charge is 0.497 e. The van der Waals surface area contributed by atoms with Gasteiger partial charge in [0, 0.05) is 12.6 Å². The van der Waals surface area contributed by atoms with Crippen molar-refractivity contribution in [3.05, 3.63) is 72.3 Å². The highest BCUT2D eigenvalue weighted by Crippen LogP contribution is 2.27. The van der Waals surface area contributed by atoms with E-state index in [0.717, 1.165) is 5.75 Å². The third kappa shape index (κ3) is 5.47. The van der Waals surface area contributed by atoms with E-state index in [9.17, 15) is 9.18 Å². The van der Waals surface area contributed by atoms with Gasteiger partial charge in [-0.3, -0.25) is 9.36 Å². The van der Waals surface area contributed by atoms with Crippen molar-refractivity contribution < 1.29 is 23.4 Å². The van der Waals surface area contributed by atoms with Crippen LogP contribution in [0.1, 0.15) is 23.1 Å². The molecule has 1 unspecified atom stereocenters. The van der Waals surface area contributed by atoms with Crippen molar-refractivity contribution in [2.75, 3.05) is 14.2 Å². The minimum atomic E-state index is -0.622. The van der Waals surface area contributed by atoms with Crippen molar-refractivity contribution in [2.45, 2.75) is 30.5 Å². The predicted molar refractivity (Wildman–Crippen MR) is 120 cm³/mol. The van der Waals surface area contributed by atoms with Crippen molar-refractivity contribution in [1.29, 1.82) is 0 Å². The molecule has 3 aromatic rings. The molecule has 9 heteroatoms. The Morgan fingerprint density at radius 3 is 2.41 bits per heavy atom. The molecule has 1 aromatic heterocycles. The zero-order valence-corrected chi connectivity index (χ0v) is 18.9. The van der Waals surface area contributed by atoms with Gasteiger partial charge in [0.15, 0.2) is 16.8 Å². The normalized spacial score (nSPS) is 11.6. The lowest BCUT2D eigenvalue weighted by Crippen LogP contribution is -2.16. The molecule has 0 saturated carbocycles. The van der Waals surface area contributed by atoms with Crippen LogP contribution in [0.15, 0.2) is 60.3 Å². The molecule has 0 bridgehead atoms. The Bertz CT molecular complexity index is 1090. The van der Waals surface area contributed by atoms with E-state index in [1.165, 1.54) is 31.0 Å². The molecule has 1 heterocycles. The van der Waals surface area contributed by atoms with Crippen LogP contribution in [0.25, 0.3) is 0 Å². The van der Waals surface area contributed by atoms with Gasteiger partial charge in [-0.05, 0) is 43.3 Å². The minimum Gasteiger partial charge on any atom is -0.497 e. The summed E-state index contributed by atoms with van der Waals surface area (Å²) in [6, 6.07) is 11.4. The Hall–Kier alpha value is -3.33. The second-order valence-electron chi connectivity index (χ2n) is 6.73. The van der Waals surface area contributed by atoms with Crippen molar-refractivity contribution >= 4 is 17.5 Å². The summed E-state index contributed by atoms with van der Waals surface area (Å²) in [6.45, 7) is 6.10. The predicted octanol–water partition coefficient (Wildman–Crippen LogP) is 4.56. The van der Waals surface area contributed by atoms with Crippen LogP contribution in [0.2, 0.25) is 0 Å². The smallest absolute Gasteiger partial charge is 0.192 e. The fourth-order valence-electron chi connectivity index (χ4n) is 2.90. The van der Waals surface area contributed by atoms with Crippen molar-refractivity contribution in [1.82, 2.24) is 14.8 Å². The summed E-state index contributed by atoms with van der Waals surface area (Å²) in [6.07, 6.45) is 1.71. The highest BCUT2D eigenvalue weighted by molar-refractivity contribution is 8.00. The number of halogens is 1. The van der Waals surface area contributed by atoms with E-state index in [2.05, 4.69) is 16.8 Å². The summed E-state index contributed by atoms with van der Waals surface area (Å²) in [5, 5.41) is 8.34. The van der Waals surface area contributed by atoms with Crippen LogP contribution in [0.3, 0.4) is 0 Å². The number of thioether (sulfide) groups is 1. The molecule has 7 nitrogen and oxygen atoms in total. The van der Waals surface area contributed by atoms with Gasteiger partial charge in [-0.25, -0.2) is 4.39 Å². The second-order valence-corrected chi connectivity index (χ2v) is 8.04. The van der Waals surface area contributed by atoms with Crippen LogP contribution >= 0.6 is 11.8 Å². The first-order valence-electron chi connectivity index (χ1n) is 9.81. The Kier molecular flexibility index (Phi) is 7.88. The number of rotatable bonds is 11. The van der Waals surface area contributed by atoms with Gasteiger partial charge in [-0.2, -0.15) is 0 Å². The molecule has 0 amide bonds. The molecule has 32 heavy (non-hydrogen) atoms. The Balaban J connectivity index is 1.72. The third-order valence-electron chi connectivity index (χ3n) is 4.63. The molecule has 0 N–H and O–H groups in total. The zero-order chi connectivity index (χ0) is 23.1. The summed E-state index contributed by atoms with van der Waals surface area (Å²) in [5.74, 6) is 1.36. The molecule has 0 aliphatic carbocycles.